The molecule has 1 atom stereocenters. The highest BCUT2D eigenvalue weighted by atomic mass is 16.3. The van der Waals surface area contributed by atoms with E-state index in [0.717, 1.165) is 12.8 Å². The summed E-state index contributed by atoms with van der Waals surface area (Å²) in [5.74, 6) is 0.0323. The van der Waals surface area contributed by atoms with Crippen molar-refractivity contribution in [3.63, 3.8) is 0 Å². The zero-order valence-corrected chi connectivity index (χ0v) is 10.9. The summed E-state index contributed by atoms with van der Waals surface area (Å²) in [6, 6.07) is 0. The van der Waals surface area contributed by atoms with Gasteiger partial charge in [0.1, 0.15) is 0 Å². The molecule has 1 aliphatic carbocycles. The number of hydrogen-bond donors (Lipinski definition) is 3. The van der Waals surface area contributed by atoms with E-state index in [0.29, 0.717) is 25.9 Å². The molecule has 0 spiro atoms. The van der Waals surface area contributed by atoms with Gasteiger partial charge in [-0.2, -0.15) is 0 Å². The largest absolute Gasteiger partial charge is 0.391 e. The first-order chi connectivity index (χ1) is 8.12. The van der Waals surface area contributed by atoms with Crippen molar-refractivity contribution in [1.29, 1.82) is 0 Å². The fourth-order valence-electron chi connectivity index (χ4n) is 2.53. The molecule has 0 aromatic carbocycles. The monoisotopic (exact) mass is 242 g/mol. The third-order valence-corrected chi connectivity index (χ3v) is 3.89. The second-order valence-corrected chi connectivity index (χ2v) is 5.31. The van der Waals surface area contributed by atoms with Gasteiger partial charge in [0.25, 0.3) is 0 Å². The summed E-state index contributed by atoms with van der Waals surface area (Å²) in [5.41, 5.74) is 5.85. The Kier molecular flexibility index (Phi) is 5.92. The lowest BCUT2D eigenvalue weighted by Gasteiger charge is -2.35. The molecule has 4 nitrogen and oxygen atoms in total. The fourth-order valence-corrected chi connectivity index (χ4v) is 2.53. The molecule has 1 rings (SSSR count). The average Bonchev–Trinajstić information content (AvgIpc) is 2.37. The van der Waals surface area contributed by atoms with Crippen molar-refractivity contribution in [2.24, 2.45) is 11.1 Å². The highest BCUT2D eigenvalue weighted by molar-refractivity contribution is 5.76. The van der Waals surface area contributed by atoms with Crippen LogP contribution in [0.25, 0.3) is 0 Å². The van der Waals surface area contributed by atoms with Gasteiger partial charge < -0.3 is 16.2 Å². The number of rotatable bonds is 6. The van der Waals surface area contributed by atoms with E-state index in [9.17, 15) is 9.90 Å². The molecule has 4 N–H and O–H groups in total. The molecule has 0 aromatic rings. The van der Waals surface area contributed by atoms with E-state index in [1.165, 1.54) is 19.3 Å². The number of aliphatic hydroxyl groups excluding tert-OH is 1. The Labute approximate surface area is 104 Å². The third kappa shape index (κ3) is 4.64. The van der Waals surface area contributed by atoms with Crippen LogP contribution >= 0.6 is 0 Å². The minimum Gasteiger partial charge on any atom is -0.391 e. The van der Waals surface area contributed by atoms with Gasteiger partial charge >= 0.3 is 0 Å². The Hall–Kier alpha value is -0.610. The summed E-state index contributed by atoms with van der Waals surface area (Å²) < 4.78 is 0. The zero-order chi connectivity index (χ0) is 12.7. The van der Waals surface area contributed by atoms with Crippen LogP contribution < -0.4 is 11.1 Å². The third-order valence-electron chi connectivity index (χ3n) is 3.89. The van der Waals surface area contributed by atoms with Gasteiger partial charge in [-0.25, -0.2) is 0 Å². The van der Waals surface area contributed by atoms with Crippen LogP contribution in [0, 0.1) is 5.41 Å². The van der Waals surface area contributed by atoms with Crippen LogP contribution in [0.2, 0.25) is 0 Å². The molecule has 4 heteroatoms. The highest BCUT2D eigenvalue weighted by Gasteiger charge is 2.32. The smallest absolute Gasteiger partial charge is 0.220 e. The van der Waals surface area contributed by atoms with Gasteiger partial charge in [0, 0.05) is 13.0 Å². The number of aliphatic hydroxyl groups is 1. The molecule has 0 radical (unpaired) electrons. The van der Waals surface area contributed by atoms with Crippen molar-refractivity contribution in [1.82, 2.24) is 5.32 Å². The van der Waals surface area contributed by atoms with Crippen LogP contribution in [0.15, 0.2) is 0 Å². The van der Waals surface area contributed by atoms with E-state index >= 15 is 0 Å². The topological polar surface area (TPSA) is 75.3 Å². The Morgan fingerprint density at radius 2 is 2.06 bits per heavy atom. The summed E-state index contributed by atoms with van der Waals surface area (Å²) in [7, 11) is 0. The average molecular weight is 242 g/mol. The van der Waals surface area contributed by atoms with E-state index in [1.54, 1.807) is 0 Å². The molecular formula is C13H26N2O2. The molecule has 0 heterocycles. The summed E-state index contributed by atoms with van der Waals surface area (Å²) in [5, 5.41) is 12.2. The van der Waals surface area contributed by atoms with Crippen LogP contribution in [0.1, 0.15) is 51.9 Å². The second-order valence-electron chi connectivity index (χ2n) is 5.31. The van der Waals surface area contributed by atoms with Gasteiger partial charge in [0.2, 0.25) is 5.91 Å². The van der Waals surface area contributed by atoms with Crippen molar-refractivity contribution < 1.29 is 9.90 Å². The van der Waals surface area contributed by atoms with E-state index in [1.807, 2.05) is 6.92 Å². The van der Waals surface area contributed by atoms with Crippen LogP contribution in [-0.4, -0.2) is 30.2 Å². The maximum absolute atomic E-state index is 11.8. The highest BCUT2D eigenvalue weighted by Crippen LogP contribution is 2.38. The Bertz CT molecular complexity index is 238. The summed E-state index contributed by atoms with van der Waals surface area (Å²) in [4.78, 5) is 11.8. The predicted molar refractivity (Wildman–Crippen MR) is 68.5 cm³/mol. The Morgan fingerprint density at radius 3 is 2.59 bits per heavy atom. The van der Waals surface area contributed by atoms with E-state index in [-0.39, 0.29) is 11.3 Å². The number of amides is 1. The van der Waals surface area contributed by atoms with Crippen LogP contribution in [0.4, 0.5) is 0 Å². The standard InChI is InChI=1S/C13H26N2O2/c1-2-11(16)9-15-12(17)8-13(10-14)6-4-3-5-7-13/h11,16H,2-10,14H2,1H3,(H,15,17). The molecule has 1 unspecified atom stereocenters. The normalized spacial score (nSPS) is 20.9. The number of carbonyl (C=O) groups is 1. The van der Waals surface area contributed by atoms with Gasteiger partial charge in [0.15, 0.2) is 0 Å². The summed E-state index contributed by atoms with van der Waals surface area (Å²) >= 11 is 0. The van der Waals surface area contributed by atoms with Crippen molar-refractivity contribution in [2.45, 2.75) is 58.0 Å². The van der Waals surface area contributed by atoms with Gasteiger partial charge in [0.05, 0.1) is 6.10 Å². The lowest BCUT2D eigenvalue weighted by Crippen LogP contribution is -2.40. The molecule has 17 heavy (non-hydrogen) atoms. The SMILES string of the molecule is CCC(O)CNC(=O)CC1(CN)CCCCC1. The molecule has 100 valence electrons. The number of nitrogens with two attached hydrogens (primary N) is 1. The van der Waals surface area contributed by atoms with Crippen molar-refractivity contribution >= 4 is 5.91 Å². The lowest BCUT2D eigenvalue weighted by molar-refractivity contribution is -0.124. The van der Waals surface area contributed by atoms with Crippen molar-refractivity contribution in [3.8, 4) is 0 Å². The number of carbonyl (C=O) groups excluding carboxylic acids is 1. The molecule has 0 aromatic heterocycles. The fraction of sp³-hybridized carbons (Fsp3) is 0.923. The van der Waals surface area contributed by atoms with Gasteiger partial charge in [-0.3, -0.25) is 4.79 Å². The van der Waals surface area contributed by atoms with Gasteiger partial charge in [-0.05, 0) is 31.2 Å². The molecular weight excluding hydrogens is 216 g/mol. The zero-order valence-electron chi connectivity index (χ0n) is 10.9. The Morgan fingerprint density at radius 1 is 1.41 bits per heavy atom. The predicted octanol–water partition coefficient (Wildman–Crippen LogP) is 1.17. The molecule has 1 fully saturated rings. The first kappa shape index (κ1) is 14.5. The minimum absolute atomic E-state index is 0.0134. The van der Waals surface area contributed by atoms with E-state index < -0.39 is 6.10 Å². The minimum atomic E-state index is -0.431. The maximum atomic E-state index is 11.8. The lowest BCUT2D eigenvalue weighted by atomic mass is 9.71. The molecule has 0 bridgehead atoms. The van der Waals surface area contributed by atoms with Crippen molar-refractivity contribution in [3.05, 3.63) is 0 Å². The van der Waals surface area contributed by atoms with Crippen LogP contribution in [0.3, 0.4) is 0 Å². The van der Waals surface area contributed by atoms with Gasteiger partial charge in [-0.1, -0.05) is 26.2 Å². The Balaban J connectivity index is 2.37. The van der Waals surface area contributed by atoms with Crippen LogP contribution in [-0.2, 0) is 4.79 Å². The first-order valence-electron chi connectivity index (χ1n) is 6.77. The maximum Gasteiger partial charge on any atom is 0.220 e. The summed E-state index contributed by atoms with van der Waals surface area (Å²) in [6.07, 6.45) is 6.50. The second kappa shape index (κ2) is 6.97. The molecule has 0 saturated heterocycles. The van der Waals surface area contributed by atoms with E-state index in [2.05, 4.69) is 5.32 Å². The molecule has 1 saturated carbocycles. The first-order valence-corrected chi connectivity index (χ1v) is 6.77. The van der Waals surface area contributed by atoms with Crippen LogP contribution in [0.5, 0.6) is 0 Å². The van der Waals surface area contributed by atoms with E-state index in [4.69, 9.17) is 5.73 Å². The number of hydrogen-bond acceptors (Lipinski definition) is 3. The molecule has 1 aliphatic rings. The summed E-state index contributed by atoms with van der Waals surface area (Å²) in [6.45, 7) is 2.85. The quantitative estimate of drug-likeness (QED) is 0.654. The molecule has 0 aliphatic heterocycles. The van der Waals surface area contributed by atoms with Crippen molar-refractivity contribution in [2.75, 3.05) is 13.1 Å². The van der Waals surface area contributed by atoms with Gasteiger partial charge in [-0.15, -0.1) is 0 Å². The number of nitrogens with one attached hydrogen (secondary N) is 1. The molecule has 1 amide bonds.